The number of hydrogen-bond donors (Lipinski definition) is 1. The highest BCUT2D eigenvalue weighted by molar-refractivity contribution is 5.58. The Kier molecular flexibility index (Phi) is 2.92. The van der Waals surface area contributed by atoms with Crippen LogP contribution in [0.25, 0.3) is 11.4 Å². The lowest BCUT2D eigenvalue weighted by Gasteiger charge is -2.04. The minimum atomic E-state index is -0.0438. The van der Waals surface area contributed by atoms with Gasteiger partial charge in [0.25, 0.3) is 0 Å². The van der Waals surface area contributed by atoms with Crippen molar-refractivity contribution in [2.45, 2.75) is 6.61 Å². The summed E-state index contributed by atoms with van der Waals surface area (Å²) >= 11 is 0. The van der Waals surface area contributed by atoms with Crippen LogP contribution in [0.5, 0.6) is 5.75 Å². The highest BCUT2D eigenvalue weighted by atomic mass is 16.5. The molecule has 0 aliphatic heterocycles. The zero-order chi connectivity index (χ0) is 11.5. The van der Waals surface area contributed by atoms with Gasteiger partial charge in [-0.3, -0.25) is 0 Å². The van der Waals surface area contributed by atoms with E-state index < -0.39 is 0 Å². The van der Waals surface area contributed by atoms with Gasteiger partial charge in [0.2, 0.25) is 0 Å². The summed E-state index contributed by atoms with van der Waals surface area (Å²) in [6.07, 6.45) is 1.81. The summed E-state index contributed by atoms with van der Waals surface area (Å²) < 4.78 is 7.05. The second-order valence-corrected chi connectivity index (χ2v) is 3.56. The van der Waals surface area contributed by atoms with Gasteiger partial charge in [-0.25, -0.2) is 4.98 Å². The van der Waals surface area contributed by atoms with E-state index in [0.717, 1.165) is 17.1 Å². The average Bonchev–Trinajstić information content (AvgIpc) is 2.71. The Morgan fingerprint density at radius 1 is 1.44 bits per heavy atom. The third kappa shape index (κ3) is 1.92. The molecule has 0 atom stereocenters. The minimum Gasteiger partial charge on any atom is -0.497 e. The molecule has 0 saturated carbocycles. The summed E-state index contributed by atoms with van der Waals surface area (Å²) in [6, 6.07) is 7.69. The molecule has 0 amide bonds. The van der Waals surface area contributed by atoms with Crippen molar-refractivity contribution < 1.29 is 9.84 Å². The molecule has 0 fully saturated rings. The Morgan fingerprint density at radius 2 is 2.25 bits per heavy atom. The third-order valence-corrected chi connectivity index (χ3v) is 2.42. The van der Waals surface area contributed by atoms with Crippen molar-refractivity contribution in [3.8, 4) is 17.1 Å². The number of nitrogens with zero attached hydrogens (tertiary/aromatic N) is 2. The Balaban J connectivity index is 2.45. The smallest absolute Gasteiger partial charge is 0.140 e. The van der Waals surface area contributed by atoms with Crippen molar-refractivity contribution in [3.63, 3.8) is 0 Å². The summed E-state index contributed by atoms with van der Waals surface area (Å²) in [5.41, 5.74) is 1.64. The van der Waals surface area contributed by atoms with Crippen LogP contribution in [0.1, 0.15) is 5.69 Å². The fourth-order valence-electron chi connectivity index (χ4n) is 1.63. The zero-order valence-corrected chi connectivity index (χ0v) is 9.34. The average molecular weight is 218 g/mol. The van der Waals surface area contributed by atoms with Gasteiger partial charge in [0.15, 0.2) is 0 Å². The summed E-state index contributed by atoms with van der Waals surface area (Å²) in [5, 5.41) is 9.02. The van der Waals surface area contributed by atoms with E-state index in [2.05, 4.69) is 4.98 Å². The fourth-order valence-corrected chi connectivity index (χ4v) is 1.63. The molecule has 84 valence electrons. The molecule has 1 aromatic carbocycles. The van der Waals surface area contributed by atoms with E-state index in [1.165, 1.54) is 0 Å². The monoisotopic (exact) mass is 218 g/mol. The van der Waals surface area contributed by atoms with Crippen molar-refractivity contribution in [1.29, 1.82) is 0 Å². The Labute approximate surface area is 94.1 Å². The van der Waals surface area contributed by atoms with Gasteiger partial charge in [-0.2, -0.15) is 0 Å². The molecule has 0 bridgehead atoms. The quantitative estimate of drug-likeness (QED) is 0.851. The molecule has 2 rings (SSSR count). The van der Waals surface area contributed by atoms with Gasteiger partial charge in [0.1, 0.15) is 11.6 Å². The molecule has 0 unspecified atom stereocenters. The largest absolute Gasteiger partial charge is 0.497 e. The van der Waals surface area contributed by atoms with Crippen molar-refractivity contribution in [2.75, 3.05) is 7.11 Å². The first-order valence-corrected chi connectivity index (χ1v) is 5.02. The molecular formula is C12H14N2O2. The molecule has 1 N–H and O–H groups in total. The number of rotatable bonds is 3. The van der Waals surface area contributed by atoms with Crippen LogP contribution in [0.2, 0.25) is 0 Å². The van der Waals surface area contributed by atoms with E-state index in [4.69, 9.17) is 9.84 Å². The lowest BCUT2D eigenvalue weighted by molar-refractivity contribution is 0.277. The normalized spacial score (nSPS) is 10.4. The Hall–Kier alpha value is -1.81. The summed E-state index contributed by atoms with van der Waals surface area (Å²) in [6.45, 7) is -0.0438. The molecule has 1 aromatic heterocycles. The maximum Gasteiger partial charge on any atom is 0.140 e. The third-order valence-electron chi connectivity index (χ3n) is 2.42. The number of aliphatic hydroxyl groups excluding tert-OH is 1. The van der Waals surface area contributed by atoms with Gasteiger partial charge in [-0.05, 0) is 12.1 Å². The van der Waals surface area contributed by atoms with E-state index in [-0.39, 0.29) is 6.61 Å². The number of aliphatic hydroxyl groups is 1. The number of hydrogen-bond acceptors (Lipinski definition) is 3. The number of benzene rings is 1. The molecular weight excluding hydrogens is 204 g/mol. The molecule has 16 heavy (non-hydrogen) atoms. The number of ether oxygens (including phenoxy) is 1. The first-order chi connectivity index (χ1) is 7.74. The summed E-state index contributed by atoms with van der Waals surface area (Å²) in [5.74, 6) is 1.62. The van der Waals surface area contributed by atoms with Crippen LogP contribution < -0.4 is 4.74 Å². The van der Waals surface area contributed by atoms with Crippen LogP contribution in [-0.2, 0) is 13.7 Å². The maximum atomic E-state index is 9.02. The van der Waals surface area contributed by atoms with Gasteiger partial charge in [0.05, 0.1) is 19.4 Å². The highest BCUT2D eigenvalue weighted by Crippen LogP contribution is 2.22. The van der Waals surface area contributed by atoms with Crippen molar-refractivity contribution in [3.05, 3.63) is 36.2 Å². The molecule has 1 heterocycles. The molecule has 0 saturated heterocycles. The van der Waals surface area contributed by atoms with Gasteiger partial charge < -0.3 is 14.4 Å². The molecule has 0 radical (unpaired) electrons. The molecule has 0 spiro atoms. The van der Waals surface area contributed by atoms with Crippen LogP contribution >= 0.6 is 0 Å². The highest BCUT2D eigenvalue weighted by Gasteiger charge is 2.07. The predicted octanol–water partition coefficient (Wildman–Crippen LogP) is 1.59. The van der Waals surface area contributed by atoms with Gasteiger partial charge in [-0.1, -0.05) is 12.1 Å². The number of aromatic nitrogens is 2. The fraction of sp³-hybridized carbons (Fsp3) is 0.250. The van der Waals surface area contributed by atoms with E-state index in [1.54, 1.807) is 7.11 Å². The SMILES string of the molecule is COc1cccc(-c2nc(CO)cn2C)c1. The summed E-state index contributed by atoms with van der Waals surface area (Å²) in [7, 11) is 3.54. The second kappa shape index (κ2) is 4.37. The predicted molar refractivity (Wildman–Crippen MR) is 61.1 cm³/mol. The van der Waals surface area contributed by atoms with E-state index >= 15 is 0 Å². The standard InChI is InChI=1S/C12H14N2O2/c1-14-7-10(8-15)13-12(14)9-4-3-5-11(6-9)16-2/h3-7,15H,8H2,1-2H3. The van der Waals surface area contributed by atoms with E-state index in [9.17, 15) is 0 Å². The molecule has 0 aliphatic rings. The summed E-state index contributed by atoms with van der Waals surface area (Å²) in [4.78, 5) is 4.33. The van der Waals surface area contributed by atoms with Crippen LogP contribution in [0.15, 0.2) is 30.5 Å². The number of imidazole rings is 1. The van der Waals surface area contributed by atoms with Gasteiger partial charge >= 0.3 is 0 Å². The van der Waals surface area contributed by atoms with Crippen LogP contribution in [0, 0.1) is 0 Å². The van der Waals surface area contributed by atoms with E-state index in [1.807, 2.05) is 42.1 Å². The topological polar surface area (TPSA) is 47.3 Å². The second-order valence-electron chi connectivity index (χ2n) is 3.56. The molecule has 2 aromatic rings. The lowest BCUT2D eigenvalue weighted by Crippen LogP contribution is -1.91. The van der Waals surface area contributed by atoms with Crippen LogP contribution in [0.3, 0.4) is 0 Å². The van der Waals surface area contributed by atoms with Crippen LogP contribution in [0.4, 0.5) is 0 Å². The molecule has 0 aliphatic carbocycles. The first-order valence-electron chi connectivity index (χ1n) is 5.02. The van der Waals surface area contributed by atoms with Crippen molar-refractivity contribution in [2.24, 2.45) is 7.05 Å². The van der Waals surface area contributed by atoms with Gasteiger partial charge in [-0.15, -0.1) is 0 Å². The number of aryl methyl sites for hydroxylation is 1. The van der Waals surface area contributed by atoms with Crippen LogP contribution in [-0.4, -0.2) is 21.8 Å². The molecule has 4 nitrogen and oxygen atoms in total. The Morgan fingerprint density at radius 3 is 2.88 bits per heavy atom. The lowest BCUT2D eigenvalue weighted by atomic mass is 10.2. The van der Waals surface area contributed by atoms with Crippen molar-refractivity contribution >= 4 is 0 Å². The number of methoxy groups -OCH3 is 1. The molecule has 4 heteroatoms. The maximum absolute atomic E-state index is 9.02. The van der Waals surface area contributed by atoms with Gasteiger partial charge in [0, 0.05) is 18.8 Å². The Bertz CT molecular complexity index is 492. The zero-order valence-electron chi connectivity index (χ0n) is 9.34. The van der Waals surface area contributed by atoms with Crippen molar-refractivity contribution in [1.82, 2.24) is 9.55 Å². The first kappa shape index (κ1) is 10.7. The van der Waals surface area contributed by atoms with E-state index in [0.29, 0.717) is 5.69 Å². The minimum absolute atomic E-state index is 0.0438.